The van der Waals surface area contributed by atoms with Gasteiger partial charge in [-0.2, -0.15) is 0 Å². The summed E-state index contributed by atoms with van der Waals surface area (Å²) in [7, 11) is 0. The lowest BCUT2D eigenvalue weighted by molar-refractivity contribution is -0.384. The maximum Gasteiger partial charge on any atom is 0.271 e. The smallest absolute Gasteiger partial charge is 0.271 e. The van der Waals surface area contributed by atoms with Crippen LogP contribution in [-0.2, 0) is 17.9 Å². The minimum atomic E-state index is -0.513. The molecule has 1 aromatic heterocycles. The van der Waals surface area contributed by atoms with E-state index in [2.05, 4.69) is 22.1 Å². The molecular formula is C20H19N5O4S. The van der Waals surface area contributed by atoms with Gasteiger partial charge in [-0.05, 0) is 18.2 Å². The average Bonchev–Trinajstić information content (AvgIpc) is 3.13. The molecule has 2 aromatic carbocycles. The molecule has 0 spiro atoms. The third-order valence-electron chi connectivity index (χ3n) is 3.89. The summed E-state index contributed by atoms with van der Waals surface area (Å²) in [6.07, 6.45) is 1.71. The number of benzene rings is 2. The van der Waals surface area contributed by atoms with Gasteiger partial charge in [-0.3, -0.25) is 19.5 Å². The van der Waals surface area contributed by atoms with Gasteiger partial charge in [0.15, 0.2) is 11.0 Å². The molecule has 9 nitrogen and oxygen atoms in total. The first-order chi connectivity index (χ1) is 14.6. The fourth-order valence-electron chi connectivity index (χ4n) is 2.53. The van der Waals surface area contributed by atoms with E-state index in [1.165, 1.54) is 30.0 Å². The molecule has 0 bridgehead atoms. The van der Waals surface area contributed by atoms with Crippen LogP contribution in [0.4, 0.5) is 11.4 Å². The highest BCUT2D eigenvalue weighted by molar-refractivity contribution is 7.99. The van der Waals surface area contributed by atoms with Gasteiger partial charge in [0.1, 0.15) is 12.4 Å². The van der Waals surface area contributed by atoms with Crippen molar-refractivity contribution in [1.82, 2.24) is 14.8 Å². The monoisotopic (exact) mass is 425 g/mol. The Balaban J connectivity index is 1.61. The molecule has 0 saturated heterocycles. The van der Waals surface area contributed by atoms with Crippen LogP contribution >= 0.6 is 11.8 Å². The number of aromatic nitrogens is 3. The molecule has 0 atom stereocenters. The molecule has 3 aromatic rings. The van der Waals surface area contributed by atoms with Crippen molar-refractivity contribution < 1.29 is 14.5 Å². The van der Waals surface area contributed by atoms with Crippen molar-refractivity contribution in [3.8, 4) is 5.75 Å². The normalized spacial score (nSPS) is 10.4. The molecule has 3 rings (SSSR count). The Morgan fingerprint density at radius 1 is 1.23 bits per heavy atom. The van der Waals surface area contributed by atoms with Gasteiger partial charge in [-0.25, -0.2) is 0 Å². The third-order valence-corrected chi connectivity index (χ3v) is 4.86. The van der Waals surface area contributed by atoms with Crippen LogP contribution in [0.15, 0.2) is 72.4 Å². The Morgan fingerprint density at radius 2 is 2.03 bits per heavy atom. The average molecular weight is 425 g/mol. The van der Waals surface area contributed by atoms with Crippen LogP contribution in [0, 0.1) is 10.1 Å². The fourth-order valence-corrected chi connectivity index (χ4v) is 3.30. The van der Waals surface area contributed by atoms with E-state index >= 15 is 0 Å². The Labute approximate surface area is 176 Å². The zero-order valence-corrected chi connectivity index (χ0v) is 16.7. The second-order valence-corrected chi connectivity index (χ2v) is 6.99. The summed E-state index contributed by atoms with van der Waals surface area (Å²) < 4.78 is 7.55. The van der Waals surface area contributed by atoms with Gasteiger partial charge in [-0.1, -0.05) is 42.1 Å². The molecule has 0 aliphatic rings. The second-order valence-electron chi connectivity index (χ2n) is 6.04. The van der Waals surface area contributed by atoms with Crippen molar-refractivity contribution in [2.24, 2.45) is 0 Å². The van der Waals surface area contributed by atoms with E-state index in [0.29, 0.717) is 23.2 Å². The van der Waals surface area contributed by atoms with E-state index in [4.69, 9.17) is 4.74 Å². The predicted octanol–water partition coefficient (Wildman–Crippen LogP) is 3.68. The highest BCUT2D eigenvalue weighted by atomic mass is 32.2. The summed E-state index contributed by atoms with van der Waals surface area (Å²) in [6.45, 7) is 4.44. The predicted molar refractivity (Wildman–Crippen MR) is 113 cm³/mol. The lowest BCUT2D eigenvalue weighted by Crippen LogP contribution is -2.15. The molecule has 1 N–H and O–H groups in total. The van der Waals surface area contributed by atoms with Crippen LogP contribution in [0.25, 0.3) is 0 Å². The molecule has 0 aliphatic carbocycles. The maximum absolute atomic E-state index is 12.2. The van der Waals surface area contributed by atoms with Gasteiger partial charge in [-0.15, -0.1) is 16.8 Å². The first kappa shape index (κ1) is 21.1. The number of nitro benzene ring substituents is 1. The summed E-state index contributed by atoms with van der Waals surface area (Å²) in [5, 5.41) is 22.3. The van der Waals surface area contributed by atoms with Gasteiger partial charge in [0, 0.05) is 24.4 Å². The number of non-ortho nitro benzene ring substituents is 1. The SMILES string of the molecule is C=CCn1c(COc2ccccc2)nnc1SCC(=O)Nc1cccc([N+](=O)[O-])c1. The molecular weight excluding hydrogens is 406 g/mol. The quantitative estimate of drug-likeness (QED) is 0.228. The lowest BCUT2D eigenvalue weighted by Gasteiger charge is -2.09. The van der Waals surface area contributed by atoms with Crippen LogP contribution < -0.4 is 10.1 Å². The Morgan fingerprint density at radius 3 is 2.77 bits per heavy atom. The van der Waals surface area contributed by atoms with E-state index < -0.39 is 4.92 Å². The summed E-state index contributed by atoms with van der Waals surface area (Å²) in [4.78, 5) is 22.6. The van der Waals surface area contributed by atoms with E-state index in [0.717, 1.165) is 5.75 Å². The first-order valence-corrected chi connectivity index (χ1v) is 9.93. The highest BCUT2D eigenvalue weighted by Crippen LogP contribution is 2.21. The number of carbonyl (C=O) groups excluding carboxylic acids is 1. The fraction of sp³-hybridized carbons (Fsp3) is 0.150. The van der Waals surface area contributed by atoms with E-state index in [-0.39, 0.29) is 24.0 Å². The van der Waals surface area contributed by atoms with Crippen LogP contribution in [0.3, 0.4) is 0 Å². The van der Waals surface area contributed by atoms with Crippen molar-refractivity contribution in [2.45, 2.75) is 18.3 Å². The number of thioether (sulfide) groups is 1. The number of para-hydroxylation sites is 1. The molecule has 1 amide bonds. The summed E-state index contributed by atoms with van der Waals surface area (Å²) in [5.74, 6) is 1.09. The molecule has 0 fully saturated rings. The molecule has 30 heavy (non-hydrogen) atoms. The molecule has 1 heterocycles. The zero-order chi connectivity index (χ0) is 21.3. The Hall–Kier alpha value is -3.66. The summed E-state index contributed by atoms with van der Waals surface area (Å²) in [6, 6.07) is 15.1. The number of rotatable bonds is 10. The van der Waals surface area contributed by atoms with Crippen molar-refractivity contribution in [1.29, 1.82) is 0 Å². The van der Waals surface area contributed by atoms with Crippen molar-refractivity contribution in [3.05, 3.63) is 83.2 Å². The number of hydrogen-bond donors (Lipinski definition) is 1. The van der Waals surface area contributed by atoms with Crippen LogP contribution in [0.5, 0.6) is 5.75 Å². The van der Waals surface area contributed by atoms with Gasteiger partial charge in [0.2, 0.25) is 5.91 Å². The third kappa shape index (κ3) is 5.67. The maximum atomic E-state index is 12.2. The Kier molecular flexibility index (Phi) is 7.17. The number of ether oxygens (including phenoxy) is 1. The number of nitro groups is 1. The number of nitrogens with one attached hydrogen (secondary N) is 1. The van der Waals surface area contributed by atoms with E-state index in [1.807, 2.05) is 34.9 Å². The van der Waals surface area contributed by atoms with Crippen LogP contribution in [-0.4, -0.2) is 31.3 Å². The van der Waals surface area contributed by atoms with Crippen LogP contribution in [0.2, 0.25) is 0 Å². The molecule has 0 aliphatic heterocycles. The Bertz CT molecular complexity index is 1040. The minimum absolute atomic E-state index is 0.0670. The number of amides is 1. The largest absolute Gasteiger partial charge is 0.486 e. The molecule has 10 heteroatoms. The van der Waals surface area contributed by atoms with Crippen LogP contribution in [0.1, 0.15) is 5.82 Å². The van der Waals surface area contributed by atoms with Gasteiger partial charge in [0.05, 0.1) is 10.7 Å². The number of hydrogen-bond acceptors (Lipinski definition) is 7. The van der Waals surface area contributed by atoms with Crippen molar-refractivity contribution >= 4 is 29.0 Å². The molecule has 0 unspecified atom stereocenters. The number of allylic oxidation sites excluding steroid dienone is 1. The van der Waals surface area contributed by atoms with E-state index in [9.17, 15) is 14.9 Å². The summed E-state index contributed by atoms with van der Waals surface area (Å²) in [5.41, 5.74) is 0.272. The highest BCUT2D eigenvalue weighted by Gasteiger charge is 2.15. The van der Waals surface area contributed by atoms with E-state index in [1.54, 1.807) is 12.1 Å². The van der Waals surface area contributed by atoms with Gasteiger partial charge < -0.3 is 10.1 Å². The number of carbonyl (C=O) groups is 1. The first-order valence-electron chi connectivity index (χ1n) is 8.94. The number of anilines is 1. The molecule has 0 saturated carbocycles. The second kappa shape index (κ2) is 10.2. The minimum Gasteiger partial charge on any atom is -0.486 e. The van der Waals surface area contributed by atoms with Crippen molar-refractivity contribution in [2.75, 3.05) is 11.1 Å². The van der Waals surface area contributed by atoms with Crippen molar-refractivity contribution in [3.63, 3.8) is 0 Å². The molecule has 154 valence electrons. The molecule has 0 radical (unpaired) electrons. The topological polar surface area (TPSA) is 112 Å². The standard InChI is InChI=1S/C20H19N5O4S/c1-2-11-24-18(13-29-17-9-4-3-5-10-17)22-23-20(24)30-14-19(26)21-15-7-6-8-16(12-15)25(27)28/h2-10,12H,1,11,13-14H2,(H,21,26). The van der Waals surface area contributed by atoms with Gasteiger partial charge in [0.25, 0.3) is 5.69 Å². The lowest BCUT2D eigenvalue weighted by atomic mass is 10.3. The van der Waals surface area contributed by atoms with Gasteiger partial charge >= 0.3 is 0 Å². The zero-order valence-electron chi connectivity index (χ0n) is 15.9. The number of nitrogens with zero attached hydrogens (tertiary/aromatic N) is 4. The summed E-state index contributed by atoms with van der Waals surface area (Å²) >= 11 is 1.21.